The first-order valence-corrected chi connectivity index (χ1v) is 12.0. The van der Waals surface area contributed by atoms with Gasteiger partial charge in [-0.2, -0.15) is 0 Å². The topological polar surface area (TPSA) is 64.6 Å². The first-order valence-electron chi connectivity index (χ1n) is 11.2. The average molecular weight is 470 g/mol. The Labute approximate surface area is 197 Å². The quantitative estimate of drug-likeness (QED) is 0.445. The Morgan fingerprint density at radius 1 is 1.18 bits per heavy atom. The van der Waals surface area contributed by atoms with Crippen molar-refractivity contribution in [3.8, 4) is 0 Å². The van der Waals surface area contributed by atoms with Crippen LogP contribution < -0.4 is 5.32 Å². The Hall–Kier alpha value is -2.77. The van der Waals surface area contributed by atoms with E-state index in [1.54, 1.807) is 23.5 Å². The molecule has 0 saturated heterocycles. The number of esters is 1. The van der Waals surface area contributed by atoms with Gasteiger partial charge in [-0.3, -0.25) is 4.79 Å². The molecule has 0 amide bonds. The zero-order valence-electron chi connectivity index (χ0n) is 19.0. The molecule has 2 heterocycles. The largest absolute Gasteiger partial charge is 0.460 e. The number of allylic oxidation sites excluding steroid dienone is 3. The molecule has 0 fully saturated rings. The van der Waals surface area contributed by atoms with E-state index in [0.29, 0.717) is 41.9 Å². The van der Waals surface area contributed by atoms with Crippen LogP contribution in [-0.4, -0.2) is 31.1 Å². The first kappa shape index (κ1) is 23.4. The number of hydrogen-bond donors (Lipinski definition) is 1. The number of carbonyl (C=O) groups is 2. The van der Waals surface area contributed by atoms with Gasteiger partial charge in [0.1, 0.15) is 12.4 Å². The molecule has 2 aromatic rings. The lowest BCUT2D eigenvalue weighted by Gasteiger charge is -2.36. The molecule has 4 rings (SSSR count). The average Bonchev–Trinajstić information content (AvgIpc) is 3.31. The molecule has 0 spiro atoms. The summed E-state index contributed by atoms with van der Waals surface area (Å²) in [6.07, 6.45) is 1.10. The number of Topliss-reactive ketones (excluding diaryl/α,β-unsaturated/α-hetero) is 1. The molecule has 7 heteroatoms. The number of nitrogens with one attached hydrogen (secondary N) is 1. The third-order valence-electron chi connectivity index (χ3n) is 5.96. The summed E-state index contributed by atoms with van der Waals surface area (Å²) < 4.78 is 24.6. The van der Waals surface area contributed by atoms with Gasteiger partial charge in [-0.25, -0.2) is 9.18 Å². The van der Waals surface area contributed by atoms with Gasteiger partial charge in [-0.1, -0.05) is 18.2 Å². The molecular formula is C26H28FNO4S. The molecule has 0 saturated carbocycles. The summed E-state index contributed by atoms with van der Waals surface area (Å²) in [5, 5.41) is 5.34. The van der Waals surface area contributed by atoms with Gasteiger partial charge in [0.15, 0.2) is 5.78 Å². The summed E-state index contributed by atoms with van der Waals surface area (Å²) in [7, 11) is 0. The minimum atomic E-state index is -0.600. The molecule has 5 nitrogen and oxygen atoms in total. The highest BCUT2D eigenvalue weighted by Gasteiger charge is 2.41. The fourth-order valence-corrected chi connectivity index (χ4v) is 5.35. The third kappa shape index (κ3) is 5.09. The van der Waals surface area contributed by atoms with Crippen LogP contribution in [0.3, 0.4) is 0 Å². The maximum absolute atomic E-state index is 13.7. The van der Waals surface area contributed by atoms with Gasteiger partial charge in [0.25, 0.3) is 0 Å². The maximum atomic E-state index is 13.7. The van der Waals surface area contributed by atoms with Crippen molar-refractivity contribution in [2.24, 2.45) is 0 Å². The molecule has 1 aliphatic heterocycles. The fourth-order valence-electron chi connectivity index (χ4n) is 4.52. The summed E-state index contributed by atoms with van der Waals surface area (Å²) >= 11 is 1.65. The molecule has 2 unspecified atom stereocenters. The van der Waals surface area contributed by atoms with E-state index in [4.69, 9.17) is 9.47 Å². The van der Waals surface area contributed by atoms with Gasteiger partial charge in [0.2, 0.25) is 0 Å². The summed E-state index contributed by atoms with van der Waals surface area (Å²) in [4.78, 5) is 27.8. The van der Waals surface area contributed by atoms with E-state index in [1.807, 2.05) is 32.2 Å². The molecular weight excluding hydrogens is 441 g/mol. The van der Waals surface area contributed by atoms with Crippen molar-refractivity contribution in [2.45, 2.75) is 51.6 Å². The number of halogens is 1. The van der Waals surface area contributed by atoms with E-state index < -0.39 is 11.9 Å². The molecule has 0 bridgehead atoms. The van der Waals surface area contributed by atoms with E-state index in [-0.39, 0.29) is 30.2 Å². The summed E-state index contributed by atoms with van der Waals surface area (Å²) in [6, 6.07) is 10.0. The Bertz CT molecular complexity index is 1090. The first-order chi connectivity index (χ1) is 15.8. The second-order valence-corrected chi connectivity index (χ2v) is 9.62. The van der Waals surface area contributed by atoms with Crippen LogP contribution in [0.2, 0.25) is 0 Å². The van der Waals surface area contributed by atoms with Gasteiger partial charge in [0.05, 0.1) is 18.3 Å². The van der Waals surface area contributed by atoms with Gasteiger partial charge < -0.3 is 14.8 Å². The van der Waals surface area contributed by atoms with Crippen molar-refractivity contribution in [2.75, 3.05) is 13.2 Å². The highest BCUT2D eigenvalue weighted by molar-refractivity contribution is 7.10. The molecule has 2 aliphatic rings. The van der Waals surface area contributed by atoms with Crippen LogP contribution in [0.5, 0.6) is 0 Å². The number of carbonyl (C=O) groups excluding carboxylic acids is 2. The minimum Gasteiger partial charge on any atom is -0.460 e. The third-order valence-corrected chi connectivity index (χ3v) is 7.00. The Morgan fingerprint density at radius 2 is 1.94 bits per heavy atom. The summed E-state index contributed by atoms with van der Waals surface area (Å²) in [5.41, 5.74) is 3.13. The smallest absolute Gasteiger partial charge is 0.336 e. The molecule has 1 aromatic carbocycles. The normalized spacial score (nSPS) is 20.7. The van der Waals surface area contributed by atoms with E-state index in [0.717, 1.165) is 5.70 Å². The zero-order valence-corrected chi connectivity index (χ0v) is 19.8. The van der Waals surface area contributed by atoms with Crippen LogP contribution in [0.15, 0.2) is 64.3 Å². The van der Waals surface area contributed by atoms with Crippen molar-refractivity contribution in [3.63, 3.8) is 0 Å². The molecule has 2 atom stereocenters. The van der Waals surface area contributed by atoms with Gasteiger partial charge in [-0.15, -0.1) is 11.3 Å². The predicted octanol–water partition coefficient (Wildman–Crippen LogP) is 5.22. The number of dihydropyridines is 1. The SMILES string of the molecule is CC1=C(C(=O)OCCOC(C)C)C(c2ccc(F)cc2)C2=C(CC(c3cccs3)CC2=O)N1. The monoisotopic (exact) mass is 469 g/mol. The molecule has 0 radical (unpaired) electrons. The van der Waals surface area contributed by atoms with Crippen molar-refractivity contribution in [3.05, 3.63) is 80.6 Å². The van der Waals surface area contributed by atoms with Crippen LogP contribution in [-0.2, 0) is 19.1 Å². The van der Waals surface area contributed by atoms with Crippen molar-refractivity contribution >= 4 is 23.1 Å². The number of ether oxygens (including phenoxy) is 2. The molecule has 1 aliphatic carbocycles. The highest BCUT2D eigenvalue weighted by atomic mass is 32.1. The van der Waals surface area contributed by atoms with E-state index in [1.165, 1.54) is 17.0 Å². The lowest BCUT2D eigenvalue weighted by Crippen LogP contribution is -2.36. The van der Waals surface area contributed by atoms with Crippen LogP contribution in [0.1, 0.15) is 55.9 Å². The van der Waals surface area contributed by atoms with E-state index >= 15 is 0 Å². The van der Waals surface area contributed by atoms with Gasteiger partial charge in [0, 0.05) is 40.1 Å². The minimum absolute atomic E-state index is 0.00239. The summed E-state index contributed by atoms with van der Waals surface area (Å²) in [6.45, 7) is 6.05. The van der Waals surface area contributed by atoms with Crippen molar-refractivity contribution < 1.29 is 23.5 Å². The molecule has 33 heavy (non-hydrogen) atoms. The Kier molecular flexibility index (Phi) is 7.10. The number of thiophene rings is 1. The maximum Gasteiger partial charge on any atom is 0.336 e. The van der Waals surface area contributed by atoms with E-state index in [9.17, 15) is 14.0 Å². The lowest BCUT2D eigenvalue weighted by atomic mass is 9.72. The summed E-state index contributed by atoms with van der Waals surface area (Å²) in [5.74, 6) is -1.37. The zero-order chi connectivity index (χ0) is 23.5. The predicted molar refractivity (Wildman–Crippen MR) is 125 cm³/mol. The second-order valence-electron chi connectivity index (χ2n) is 8.64. The highest BCUT2D eigenvalue weighted by Crippen LogP contribution is 2.46. The number of rotatable bonds is 7. The van der Waals surface area contributed by atoms with Crippen LogP contribution in [0, 0.1) is 5.82 Å². The van der Waals surface area contributed by atoms with Crippen LogP contribution in [0.4, 0.5) is 4.39 Å². The van der Waals surface area contributed by atoms with Gasteiger partial charge in [-0.05, 0) is 56.3 Å². The Morgan fingerprint density at radius 3 is 2.61 bits per heavy atom. The molecule has 1 aromatic heterocycles. The molecule has 174 valence electrons. The number of ketones is 1. The standard InChI is InChI=1S/C26H28FNO4S/c1-15(2)31-10-11-32-26(30)23-16(3)28-20-13-18(22-5-4-12-33-22)14-21(29)25(20)24(23)17-6-8-19(27)9-7-17/h4-9,12,15,18,24,28H,10-11,13-14H2,1-3H3. The van der Waals surface area contributed by atoms with Crippen LogP contribution >= 0.6 is 11.3 Å². The van der Waals surface area contributed by atoms with Gasteiger partial charge >= 0.3 is 5.97 Å². The second kappa shape index (κ2) is 10.0. The van der Waals surface area contributed by atoms with E-state index in [2.05, 4.69) is 11.4 Å². The lowest BCUT2D eigenvalue weighted by molar-refractivity contribution is -0.141. The van der Waals surface area contributed by atoms with Crippen molar-refractivity contribution in [1.29, 1.82) is 0 Å². The van der Waals surface area contributed by atoms with Crippen molar-refractivity contribution in [1.82, 2.24) is 5.32 Å². The van der Waals surface area contributed by atoms with Crippen LogP contribution in [0.25, 0.3) is 0 Å². The Balaban J connectivity index is 1.67. The fraction of sp³-hybridized carbons (Fsp3) is 0.385. The molecule has 1 N–H and O–H groups in total. The number of hydrogen-bond acceptors (Lipinski definition) is 6. The number of benzene rings is 1.